The summed E-state index contributed by atoms with van der Waals surface area (Å²) in [5, 5.41) is 3.42. The molecular formula is C16H31N3O. The van der Waals surface area contributed by atoms with Gasteiger partial charge in [-0.1, -0.05) is 25.7 Å². The lowest BCUT2D eigenvalue weighted by molar-refractivity contribution is 0.0581. The Morgan fingerprint density at radius 2 is 1.70 bits per heavy atom. The smallest absolute Gasteiger partial charge is 0.188 e. The average molecular weight is 281 g/mol. The molecule has 0 aromatic heterocycles. The van der Waals surface area contributed by atoms with E-state index in [0.717, 1.165) is 6.54 Å². The first kappa shape index (κ1) is 15.6. The number of ether oxygens (including phenoxy) is 1. The molecule has 0 aliphatic heterocycles. The monoisotopic (exact) mass is 281 g/mol. The van der Waals surface area contributed by atoms with E-state index in [4.69, 9.17) is 10.5 Å². The van der Waals surface area contributed by atoms with Crippen molar-refractivity contribution in [2.45, 2.75) is 76.4 Å². The van der Waals surface area contributed by atoms with Crippen LogP contribution in [0.5, 0.6) is 0 Å². The second kappa shape index (κ2) is 8.50. The minimum Gasteiger partial charge on any atom is -0.381 e. The van der Waals surface area contributed by atoms with Crippen molar-refractivity contribution in [1.82, 2.24) is 5.32 Å². The van der Waals surface area contributed by atoms with Crippen LogP contribution in [-0.2, 0) is 4.74 Å². The molecule has 2 saturated carbocycles. The molecule has 0 bridgehead atoms. The molecule has 2 rings (SSSR count). The van der Waals surface area contributed by atoms with E-state index in [1.54, 1.807) is 0 Å². The van der Waals surface area contributed by atoms with Crippen molar-refractivity contribution >= 4 is 5.96 Å². The summed E-state index contributed by atoms with van der Waals surface area (Å²) in [5.74, 6) is 1.35. The molecule has 3 N–H and O–H groups in total. The topological polar surface area (TPSA) is 59.6 Å². The maximum Gasteiger partial charge on any atom is 0.188 e. The highest BCUT2D eigenvalue weighted by molar-refractivity contribution is 5.78. The van der Waals surface area contributed by atoms with Crippen LogP contribution in [0.15, 0.2) is 4.99 Å². The first-order valence-electron chi connectivity index (χ1n) is 8.37. The predicted molar refractivity (Wildman–Crippen MR) is 83.9 cm³/mol. The summed E-state index contributed by atoms with van der Waals surface area (Å²) in [6, 6.07) is 0.547. The lowest BCUT2D eigenvalue weighted by atomic mass is 9.87. The Balaban J connectivity index is 1.68. The van der Waals surface area contributed by atoms with E-state index in [9.17, 15) is 0 Å². The zero-order chi connectivity index (χ0) is 14.2. The Kier molecular flexibility index (Phi) is 6.64. The lowest BCUT2D eigenvalue weighted by Crippen LogP contribution is -2.40. The first-order valence-corrected chi connectivity index (χ1v) is 8.37. The highest BCUT2D eigenvalue weighted by atomic mass is 16.5. The number of nitrogens with two attached hydrogens (primary N) is 1. The van der Waals surface area contributed by atoms with Gasteiger partial charge in [0.15, 0.2) is 5.96 Å². The summed E-state index contributed by atoms with van der Waals surface area (Å²) < 4.78 is 5.40. The molecule has 20 heavy (non-hydrogen) atoms. The first-order chi connectivity index (χ1) is 9.78. The number of hydrogen-bond acceptors (Lipinski definition) is 2. The van der Waals surface area contributed by atoms with Crippen molar-refractivity contribution in [1.29, 1.82) is 0 Å². The van der Waals surface area contributed by atoms with Gasteiger partial charge in [0.25, 0.3) is 0 Å². The van der Waals surface area contributed by atoms with E-state index in [0.29, 0.717) is 24.0 Å². The molecule has 0 radical (unpaired) electrons. The molecule has 0 aromatic rings. The maximum atomic E-state index is 6.04. The Hall–Kier alpha value is -0.770. The van der Waals surface area contributed by atoms with Crippen LogP contribution >= 0.6 is 0 Å². The van der Waals surface area contributed by atoms with E-state index in [2.05, 4.69) is 10.3 Å². The fourth-order valence-electron chi connectivity index (χ4n) is 3.46. The average Bonchev–Trinajstić information content (AvgIpc) is 2.74. The van der Waals surface area contributed by atoms with Crippen LogP contribution < -0.4 is 11.1 Å². The minimum absolute atomic E-state index is 0.469. The molecule has 2 fully saturated rings. The van der Waals surface area contributed by atoms with Crippen LogP contribution in [0.1, 0.15) is 64.2 Å². The molecule has 4 heteroatoms. The standard InChI is InChI=1S/C16H31N3O/c1-20-15-10-8-13(9-11-15)12-18-16(17)19-14-6-4-2-3-5-7-14/h13-15H,2-12H2,1H3,(H3,17,18,19). The molecular weight excluding hydrogens is 250 g/mol. The largest absolute Gasteiger partial charge is 0.381 e. The fourth-order valence-corrected chi connectivity index (χ4v) is 3.46. The van der Waals surface area contributed by atoms with Gasteiger partial charge in [-0.25, -0.2) is 0 Å². The summed E-state index contributed by atoms with van der Waals surface area (Å²) in [5.41, 5.74) is 6.04. The van der Waals surface area contributed by atoms with Crippen molar-refractivity contribution in [2.24, 2.45) is 16.6 Å². The third kappa shape index (κ3) is 5.31. The van der Waals surface area contributed by atoms with Gasteiger partial charge in [-0.05, 0) is 44.4 Å². The van der Waals surface area contributed by atoms with E-state index in [-0.39, 0.29) is 0 Å². The zero-order valence-electron chi connectivity index (χ0n) is 12.9. The van der Waals surface area contributed by atoms with Crippen molar-refractivity contribution in [2.75, 3.05) is 13.7 Å². The van der Waals surface area contributed by atoms with Gasteiger partial charge in [0.2, 0.25) is 0 Å². The third-order valence-corrected chi connectivity index (χ3v) is 4.85. The maximum absolute atomic E-state index is 6.04. The molecule has 2 aliphatic rings. The number of guanidine groups is 1. The number of hydrogen-bond donors (Lipinski definition) is 2. The molecule has 0 amide bonds. The van der Waals surface area contributed by atoms with Crippen LogP contribution in [0.25, 0.3) is 0 Å². The van der Waals surface area contributed by atoms with E-state index >= 15 is 0 Å². The van der Waals surface area contributed by atoms with Crippen LogP contribution in [0, 0.1) is 5.92 Å². The van der Waals surface area contributed by atoms with Gasteiger partial charge >= 0.3 is 0 Å². The molecule has 4 nitrogen and oxygen atoms in total. The normalized spacial score (nSPS) is 29.9. The van der Waals surface area contributed by atoms with Gasteiger partial charge in [-0.3, -0.25) is 4.99 Å². The van der Waals surface area contributed by atoms with Gasteiger partial charge in [-0.15, -0.1) is 0 Å². The summed E-state index contributed by atoms with van der Waals surface area (Å²) in [6.07, 6.45) is 13.1. The Labute approximate surface area is 123 Å². The molecule has 0 aromatic carbocycles. The van der Waals surface area contributed by atoms with E-state index in [1.807, 2.05) is 7.11 Å². The van der Waals surface area contributed by atoms with Gasteiger partial charge in [0.05, 0.1) is 6.10 Å². The summed E-state index contributed by atoms with van der Waals surface area (Å²) in [7, 11) is 1.82. The number of aliphatic imine (C=N–C) groups is 1. The second-order valence-corrected chi connectivity index (χ2v) is 6.44. The van der Waals surface area contributed by atoms with E-state index < -0.39 is 0 Å². The number of rotatable bonds is 4. The Morgan fingerprint density at radius 1 is 1.05 bits per heavy atom. The van der Waals surface area contributed by atoms with Crippen LogP contribution in [0.2, 0.25) is 0 Å². The van der Waals surface area contributed by atoms with Gasteiger partial charge in [-0.2, -0.15) is 0 Å². The lowest BCUT2D eigenvalue weighted by Gasteiger charge is -2.26. The molecule has 0 spiro atoms. The van der Waals surface area contributed by atoms with Gasteiger partial charge < -0.3 is 15.8 Å². The number of methoxy groups -OCH3 is 1. The minimum atomic E-state index is 0.469. The molecule has 2 aliphatic carbocycles. The van der Waals surface area contributed by atoms with Crippen LogP contribution in [0.3, 0.4) is 0 Å². The highest BCUT2D eigenvalue weighted by Gasteiger charge is 2.20. The Morgan fingerprint density at radius 3 is 2.30 bits per heavy atom. The van der Waals surface area contributed by atoms with Gasteiger partial charge in [0.1, 0.15) is 0 Å². The highest BCUT2D eigenvalue weighted by Crippen LogP contribution is 2.26. The van der Waals surface area contributed by atoms with Crippen molar-refractivity contribution < 1.29 is 4.74 Å². The molecule has 0 saturated heterocycles. The van der Waals surface area contributed by atoms with Crippen molar-refractivity contribution in [3.8, 4) is 0 Å². The van der Waals surface area contributed by atoms with Crippen LogP contribution in [-0.4, -0.2) is 31.8 Å². The molecule has 116 valence electrons. The summed E-state index contributed by atoms with van der Waals surface area (Å²) >= 11 is 0. The zero-order valence-corrected chi connectivity index (χ0v) is 12.9. The summed E-state index contributed by atoms with van der Waals surface area (Å²) in [6.45, 7) is 0.877. The Bertz CT molecular complexity index is 290. The van der Waals surface area contributed by atoms with Crippen molar-refractivity contribution in [3.05, 3.63) is 0 Å². The SMILES string of the molecule is COC1CCC(CN=C(N)NC2CCCCCC2)CC1. The number of nitrogens with zero attached hydrogens (tertiary/aromatic N) is 1. The predicted octanol–water partition coefficient (Wildman–Crippen LogP) is 2.82. The van der Waals surface area contributed by atoms with Gasteiger partial charge in [0, 0.05) is 19.7 Å². The van der Waals surface area contributed by atoms with Crippen molar-refractivity contribution in [3.63, 3.8) is 0 Å². The quantitative estimate of drug-likeness (QED) is 0.473. The summed E-state index contributed by atoms with van der Waals surface area (Å²) in [4.78, 5) is 4.57. The molecule has 0 atom stereocenters. The van der Waals surface area contributed by atoms with E-state index in [1.165, 1.54) is 64.2 Å². The number of nitrogens with one attached hydrogen (secondary N) is 1. The van der Waals surface area contributed by atoms with Crippen LogP contribution in [0.4, 0.5) is 0 Å². The third-order valence-electron chi connectivity index (χ3n) is 4.85. The fraction of sp³-hybridized carbons (Fsp3) is 0.938. The molecule has 0 unspecified atom stereocenters. The second-order valence-electron chi connectivity index (χ2n) is 6.44. The molecule has 0 heterocycles.